The largest absolute Gasteiger partial charge is 0.316 e. The molecule has 0 radical (unpaired) electrons. The maximum atomic E-state index is 5.03. The molecular weight excluding hydrogens is 560 g/mol. The fraction of sp³-hybridized carbons (Fsp3) is 0.0238. The molecule has 8 aromatic rings. The highest BCUT2D eigenvalue weighted by Gasteiger charge is 2.27. The molecule has 4 nitrogen and oxygen atoms in total. The van der Waals surface area contributed by atoms with Gasteiger partial charge in [-0.25, -0.2) is 15.0 Å². The third-order valence-corrected chi connectivity index (χ3v) is 8.95. The number of para-hydroxylation sites is 1. The zero-order valence-electron chi connectivity index (χ0n) is 25.0. The van der Waals surface area contributed by atoms with Gasteiger partial charge in [-0.1, -0.05) is 133 Å². The monoisotopic (exact) mass is 588 g/mol. The second-order valence-electron chi connectivity index (χ2n) is 11.7. The van der Waals surface area contributed by atoms with Gasteiger partial charge in [0.25, 0.3) is 0 Å². The Bertz CT molecular complexity index is 2340. The highest BCUT2D eigenvalue weighted by atomic mass is 15.0. The number of nitrogens with zero attached hydrogens (tertiary/aromatic N) is 4. The topological polar surface area (TPSA) is 43.6 Å². The molecule has 0 aliphatic heterocycles. The fourth-order valence-electron chi connectivity index (χ4n) is 6.81. The quantitative estimate of drug-likeness (QED) is 0.201. The predicted molar refractivity (Wildman–Crippen MR) is 188 cm³/mol. The average Bonchev–Trinajstić information content (AvgIpc) is 3.79. The molecule has 1 unspecified atom stereocenters. The number of aromatic nitrogens is 4. The van der Waals surface area contributed by atoms with E-state index in [0.717, 1.165) is 22.4 Å². The summed E-state index contributed by atoms with van der Waals surface area (Å²) in [6, 6.07) is 50.6. The Morgan fingerprint density at radius 2 is 1.04 bits per heavy atom. The Morgan fingerprint density at radius 3 is 1.67 bits per heavy atom. The van der Waals surface area contributed by atoms with Crippen molar-refractivity contribution in [2.24, 2.45) is 0 Å². The van der Waals surface area contributed by atoms with Gasteiger partial charge < -0.3 is 4.57 Å². The van der Waals surface area contributed by atoms with Gasteiger partial charge >= 0.3 is 0 Å². The van der Waals surface area contributed by atoms with Crippen LogP contribution < -0.4 is 0 Å². The van der Waals surface area contributed by atoms with Crippen LogP contribution in [0, 0.1) is 0 Å². The van der Waals surface area contributed by atoms with Crippen LogP contribution in [0.25, 0.3) is 67.6 Å². The lowest BCUT2D eigenvalue weighted by atomic mass is 9.87. The van der Waals surface area contributed by atoms with Gasteiger partial charge in [-0.15, -0.1) is 0 Å². The molecule has 1 atom stereocenters. The van der Waals surface area contributed by atoms with Gasteiger partial charge in [0, 0.05) is 45.4 Å². The van der Waals surface area contributed by atoms with E-state index in [1.54, 1.807) is 0 Å². The molecule has 0 bridgehead atoms. The van der Waals surface area contributed by atoms with Crippen LogP contribution in [0.4, 0.5) is 0 Å². The van der Waals surface area contributed by atoms with Crippen molar-refractivity contribution in [2.45, 2.75) is 5.92 Å². The number of benzene rings is 6. The lowest BCUT2D eigenvalue weighted by Crippen LogP contribution is -2.02. The van der Waals surface area contributed by atoms with Crippen LogP contribution in [0.15, 0.2) is 158 Å². The summed E-state index contributed by atoms with van der Waals surface area (Å²) in [7, 11) is 0. The minimum Gasteiger partial charge on any atom is -0.316 e. The molecule has 2 aromatic heterocycles. The molecule has 216 valence electrons. The van der Waals surface area contributed by atoms with Crippen molar-refractivity contribution >= 4 is 27.8 Å². The van der Waals surface area contributed by atoms with Crippen LogP contribution in [0.5, 0.6) is 0 Å². The minimum atomic E-state index is 0.166. The summed E-state index contributed by atoms with van der Waals surface area (Å²) in [4.78, 5) is 15.0. The average molecular weight is 589 g/mol. The van der Waals surface area contributed by atoms with Crippen molar-refractivity contribution in [3.05, 3.63) is 175 Å². The van der Waals surface area contributed by atoms with Gasteiger partial charge in [0.05, 0.1) is 5.52 Å². The van der Waals surface area contributed by atoms with Gasteiger partial charge in [-0.05, 0) is 46.2 Å². The first-order valence-corrected chi connectivity index (χ1v) is 15.6. The number of hydrogen-bond donors (Lipinski definition) is 0. The summed E-state index contributed by atoms with van der Waals surface area (Å²) in [5.41, 5.74) is 9.13. The predicted octanol–water partition coefficient (Wildman–Crippen LogP) is 10.1. The Balaban J connectivity index is 1.31. The van der Waals surface area contributed by atoms with Crippen LogP contribution in [0.2, 0.25) is 0 Å². The third kappa shape index (κ3) is 4.34. The summed E-state index contributed by atoms with van der Waals surface area (Å²) in [6.07, 6.45) is 6.85. The van der Waals surface area contributed by atoms with Crippen molar-refractivity contribution in [3.8, 4) is 39.9 Å². The van der Waals surface area contributed by atoms with Gasteiger partial charge in [0.1, 0.15) is 0 Å². The zero-order chi connectivity index (χ0) is 30.5. The Kier molecular flexibility index (Phi) is 6.17. The number of hydrogen-bond acceptors (Lipinski definition) is 3. The molecule has 4 heteroatoms. The van der Waals surface area contributed by atoms with Crippen LogP contribution in [-0.2, 0) is 0 Å². The minimum absolute atomic E-state index is 0.166. The molecule has 0 fully saturated rings. The lowest BCUT2D eigenvalue weighted by Gasteiger charge is -2.18. The molecule has 0 saturated heterocycles. The van der Waals surface area contributed by atoms with E-state index in [9.17, 15) is 0 Å². The normalized spacial score (nSPS) is 13.8. The number of rotatable bonds is 5. The van der Waals surface area contributed by atoms with E-state index < -0.39 is 0 Å². The maximum absolute atomic E-state index is 5.03. The second-order valence-corrected chi connectivity index (χ2v) is 11.7. The Morgan fingerprint density at radius 1 is 0.478 bits per heavy atom. The molecular formula is C42H28N4. The van der Waals surface area contributed by atoms with Gasteiger partial charge in [0.2, 0.25) is 0 Å². The Hall–Kier alpha value is -6.13. The van der Waals surface area contributed by atoms with E-state index in [-0.39, 0.29) is 5.92 Å². The highest BCUT2D eigenvalue weighted by Crippen LogP contribution is 2.46. The van der Waals surface area contributed by atoms with Crippen molar-refractivity contribution in [1.82, 2.24) is 19.5 Å². The van der Waals surface area contributed by atoms with Crippen LogP contribution >= 0.6 is 0 Å². The van der Waals surface area contributed by atoms with Gasteiger partial charge in [-0.3, -0.25) is 0 Å². The third-order valence-electron chi connectivity index (χ3n) is 8.95. The Labute approximate surface area is 267 Å². The maximum Gasteiger partial charge on any atom is 0.164 e. The molecule has 0 spiro atoms. The van der Waals surface area contributed by atoms with E-state index in [0.29, 0.717) is 17.5 Å². The smallest absolute Gasteiger partial charge is 0.164 e. The van der Waals surface area contributed by atoms with E-state index in [1.165, 1.54) is 38.4 Å². The number of fused-ring (bicyclic) bond motifs is 6. The first-order chi connectivity index (χ1) is 22.8. The molecule has 0 amide bonds. The molecule has 1 aliphatic rings. The molecule has 2 heterocycles. The highest BCUT2D eigenvalue weighted by molar-refractivity contribution is 6.14. The van der Waals surface area contributed by atoms with E-state index in [4.69, 9.17) is 15.0 Å². The fourth-order valence-corrected chi connectivity index (χ4v) is 6.81. The standard InChI is InChI=1S/C42H28N4/c1-5-13-28(14-6-1)33-23-24-36-38(33)34-22-21-31(27-37(34)35-25-26-46(39(35)36)32-19-11-4-12-20-32)42-44-40(29-15-7-2-8-16-29)43-41(45-42)30-17-9-3-10-18-30/h1-27,33H. The SMILES string of the molecule is C1=CC(c2ccccc2)c2c1c1c(ccn1-c1ccccc1)c1cc(-c3nc(-c4ccccc4)nc(-c4ccccc4)n3)ccc21. The van der Waals surface area contributed by atoms with Crippen LogP contribution in [-0.4, -0.2) is 19.5 Å². The van der Waals surface area contributed by atoms with Crippen molar-refractivity contribution < 1.29 is 0 Å². The molecule has 6 aromatic carbocycles. The van der Waals surface area contributed by atoms with E-state index in [1.807, 2.05) is 60.7 Å². The summed E-state index contributed by atoms with van der Waals surface area (Å²) in [6.45, 7) is 0. The van der Waals surface area contributed by atoms with Crippen molar-refractivity contribution in [1.29, 1.82) is 0 Å². The summed E-state index contributed by atoms with van der Waals surface area (Å²) >= 11 is 0. The first kappa shape index (κ1) is 26.3. The molecule has 0 saturated carbocycles. The molecule has 0 N–H and O–H groups in total. The molecule has 46 heavy (non-hydrogen) atoms. The van der Waals surface area contributed by atoms with E-state index >= 15 is 0 Å². The summed E-state index contributed by atoms with van der Waals surface area (Å²) in [5, 5.41) is 3.64. The lowest BCUT2D eigenvalue weighted by molar-refractivity contribution is 1.06. The van der Waals surface area contributed by atoms with Gasteiger partial charge in [-0.2, -0.15) is 0 Å². The van der Waals surface area contributed by atoms with Crippen molar-refractivity contribution in [3.63, 3.8) is 0 Å². The van der Waals surface area contributed by atoms with E-state index in [2.05, 4.69) is 108 Å². The summed E-state index contributed by atoms with van der Waals surface area (Å²) in [5.74, 6) is 2.14. The van der Waals surface area contributed by atoms with Crippen molar-refractivity contribution in [2.75, 3.05) is 0 Å². The second kappa shape index (κ2) is 10.8. The van der Waals surface area contributed by atoms with Crippen LogP contribution in [0.3, 0.4) is 0 Å². The van der Waals surface area contributed by atoms with Crippen LogP contribution in [0.1, 0.15) is 22.6 Å². The molecule has 9 rings (SSSR count). The first-order valence-electron chi connectivity index (χ1n) is 15.6. The van der Waals surface area contributed by atoms with Gasteiger partial charge in [0.15, 0.2) is 17.5 Å². The number of allylic oxidation sites excluding steroid dienone is 1. The zero-order valence-corrected chi connectivity index (χ0v) is 25.0. The summed E-state index contributed by atoms with van der Waals surface area (Å²) < 4.78 is 2.32. The molecule has 1 aliphatic carbocycles.